The Kier molecular flexibility index (Phi) is 3.07. The fourth-order valence-electron chi connectivity index (χ4n) is 2.55. The van der Waals surface area contributed by atoms with Crippen molar-refractivity contribution in [3.8, 4) is 5.69 Å². The number of hydrogen-bond donors (Lipinski definition) is 1. The van der Waals surface area contributed by atoms with Gasteiger partial charge in [-0.05, 0) is 55.7 Å². The molecule has 3 rings (SSSR count). The van der Waals surface area contributed by atoms with Gasteiger partial charge in [-0.25, -0.2) is 4.98 Å². The lowest BCUT2D eigenvalue weighted by molar-refractivity contribution is 0.806. The highest BCUT2D eigenvalue weighted by molar-refractivity contribution is 5.79. The summed E-state index contributed by atoms with van der Waals surface area (Å²) in [5.41, 5.74) is 13.0. The topological polar surface area (TPSA) is 43.8 Å². The average molecular weight is 265 g/mol. The standard InChI is InChI=1S/C17H19N3/c1-11-8-15-17(9-12(11)2)20(10-19-15)16-7-5-4-6-14(16)13(3)18/h4-10,13H,18H2,1-3H3. The number of aromatic nitrogens is 2. The van der Waals surface area contributed by atoms with Crippen LogP contribution in [0.5, 0.6) is 0 Å². The highest BCUT2D eigenvalue weighted by Crippen LogP contribution is 2.25. The van der Waals surface area contributed by atoms with Crippen molar-refractivity contribution in [2.45, 2.75) is 26.8 Å². The second-order valence-corrected chi connectivity index (χ2v) is 5.39. The third-order valence-corrected chi connectivity index (χ3v) is 3.85. The van der Waals surface area contributed by atoms with Crippen molar-refractivity contribution in [1.29, 1.82) is 0 Å². The Bertz CT molecular complexity index is 769. The summed E-state index contributed by atoms with van der Waals surface area (Å²) in [6.45, 7) is 6.25. The van der Waals surface area contributed by atoms with Crippen LogP contribution in [-0.2, 0) is 0 Å². The summed E-state index contributed by atoms with van der Waals surface area (Å²) >= 11 is 0. The third-order valence-electron chi connectivity index (χ3n) is 3.85. The number of nitrogens with zero attached hydrogens (tertiary/aromatic N) is 2. The molecule has 0 aliphatic carbocycles. The lowest BCUT2D eigenvalue weighted by Crippen LogP contribution is -2.09. The van der Waals surface area contributed by atoms with Crippen LogP contribution in [-0.4, -0.2) is 9.55 Å². The van der Waals surface area contributed by atoms with Gasteiger partial charge in [-0.2, -0.15) is 0 Å². The molecule has 0 aliphatic rings. The molecule has 0 bridgehead atoms. The lowest BCUT2D eigenvalue weighted by atomic mass is 10.1. The van der Waals surface area contributed by atoms with E-state index in [0.717, 1.165) is 22.3 Å². The lowest BCUT2D eigenvalue weighted by Gasteiger charge is -2.14. The van der Waals surface area contributed by atoms with E-state index in [1.165, 1.54) is 11.1 Å². The zero-order valence-corrected chi connectivity index (χ0v) is 12.1. The maximum Gasteiger partial charge on any atom is 0.100 e. The Morgan fingerprint density at radius 1 is 1.10 bits per heavy atom. The fraction of sp³-hybridized carbons (Fsp3) is 0.235. The Balaban J connectivity index is 2.28. The molecular weight excluding hydrogens is 246 g/mol. The van der Waals surface area contributed by atoms with Gasteiger partial charge in [0.25, 0.3) is 0 Å². The van der Waals surface area contributed by atoms with Crippen LogP contribution in [0.1, 0.15) is 29.7 Å². The summed E-state index contributed by atoms with van der Waals surface area (Å²) in [6, 6.07) is 12.5. The number of benzene rings is 2. The van der Waals surface area contributed by atoms with Gasteiger partial charge in [-0.3, -0.25) is 4.57 Å². The molecule has 0 radical (unpaired) electrons. The average Bonchev–Trinajstić information content (AvgIpc) is 2.82. The molecule has 3 aromatic rings. The molecule has 0 aliphatic heterocycles. The smallest absolute Gasteiger partial charge is 0.100 e. The number of aryl methyl sites for hydroxylation is 2. The second kappa shape index (κ2) is 4.76. The molecule has 0 fully saturated rings. The van der Waals surface area contributed by atoms with E-state index in [2.05, 4.69) is 47.7 Å². The summed E-state index contributed by atoms with van der Waals surface area (Å²) in [6.07, 6.45) is 1.88. The minimum absolute atomic E-state index is 0.00445. The number of rotatable bonds is 2. The van der Waals surface area contributed by atoms with Gasteiger partial charge in [0, 0.05) is 6.04 Å². The summed E-state index contributed by atoms with van der Waals surface area (Å²) in [4.78, 5) is 4.52. The molecule has 3 heteroatoms. The molecule has 20 heavy (non-hydrogen) atoms. The SMILES string of the molecule is Cc1cc2ncn(-c3ccccc3C(C)N)c2cc1C. The predicted molar refractivity (Wildman–Crippen MR) is 83.1 cm³/mol. The molecule has 0 spiro atoms. The van der Waals surface area contributed by atoms with Crippen molar-refractivity contribution < 1.29 is 0 Å². The van der Waals surface area contributed by atoms with Crippen molar-refractivity contribution in [1.82, 2.24) is 9.55 Å². The van der Waals surface area contributed by atoms with Gasteiger partial charge in [0.1, 0.15) is 6.33 Å². The molecule has 1 aromatic heterocycles. The van der Waals surface area contributed by atoms with Crippen LogP contribution in [0.3, 0.4) is 0 Å². The first-order chi connectivity index (χ1) is 9.58. The number of imidazole rings is 1. The Labute approximate surface area is 119 Å². The van der Waals surface area contributed by atoms with Gasteiger partial charge in [0.15, 0.2) is 0 Å². The minimum atomic E-state index is -0.00445. The Morgan fingerprint density at radius 3 is 2.55 bits per heavy atom. The van der Waals surface area contributed by atoms with E-state index in [9.17, 15) is 0 Å². The van der Waals surface area contributed by atoms with Crippen molar-refractivity contribution in [2.75, 3.05) is 0 Å². The van der Waals surface area contributed by atoms with Crippen LogP contribution in [0.15, 0.2) is 42.7 Å². The summed E-state index contributed by atoms with van der Waals surface area (Å²) in [5, 5.41) is 0. The maximum atomic E-state index is 6.08. The van der Waals surface area contributed by atoms with Gasteiger partial charge in [0.2, 0.25) is 0 Å². The van der Waals surface area contributed by atoms with Crippen molar-refractivity contribution in [2.24, 2.45) is 5.73 Å². The molecule has 1 atom stereocenters. The van der Waals surface area contributed by atoms with E-state index >= 15 is 0 Å². The third kappa shape index (κ3) is 2.00. The van der Waals surface area contributed by atoms with Crippen LogP contribution in [0, 0.1) is 13.8 Å². The van der Waals surface area contributed by atoms with E-state index in [0.29, 0.717) is 0 Å². The second-order valence-electron chi connectivity index (χ2n) is 5.39. The van der Waals surface area contributed by atoms with Gasteiger partial charge < -0.3 is 5.73 Å². The first-order valence-corrected chi connectivity index (χ1v) is 6.87. The van der Waals surface area contributed by atoms with Gasteiger partial charge >= 0.3 is 0 Å². The molecule has 3 nitrogen and oxygen atoms in total. The highest BCUT2D eigenvalue weighted by atomic mass is 15.1. The summed E-state index contributed by atoms with van der Waals surface area (Å²) < 4.78 is 2.13. The molecule has 0 saturated heterocycles. The van der Waals surface area contributed by atoms with E-state index in [4.69, 9.17) is 5.73 Å². The monoisotopic (exact) mass is 265 g/mol. The van der Waals surface area contributed by atoms with Crippen LogP contribution < -0.4 is 5.73 Å². The number of hydrogen-bond acceptors (Lipinski definition) is 2. The van der Waals surface area contributed by atoms with Gasteiger partial charge in [0.05, 0.1) is 16.7 Å². The van der Waals surface area contributed by atoms with E-state index in [1.54, 1.807) is 0 Å². The molecule has 0 saturated carbocycles. The van der Waals surface area contributed by atoms with E-state index in [-0.39, 0.29) is 6.04 Å². The zero-order chi connectivity index (χ0) is 14.3. The normalized spacial score (nSPS) is 12.8. The van der Waals surface area contributed by atoms with Crippen molar-refractivity contribution in [3.05, 3.63) is 59.4 Å². The Hall–Kier alpha value is -2.13. The fourth-order valence-corrected chi connectivity index (χ4v) is 2.55. The molecular formula is C17H19N3. The summed E-state index contributed by atoms with van der Waals surface area (Å²) in [5.74, 6) is 0. The molecule has 102 valence electrons. The van der Waals surface area contributed by atoms with Crippen LogP contribution in [0.4, 0.5) is 0 Å². The number of nitrogens with two attached hydrogens (primary N) is 1. The van der Waals surface area contributed by atoms with E-state index in [1.807, 2.05) is 25.4 Å². The highest BCUT2D eigenvalue weighted by Gasteiger charge is 2.11. The van der Waals surface area contributed by atoms with Crippen LogP contribution in [0.25, 0.3) is 16.7 Å². The molecule has 2 N–H and O–H groups in total. The molecule has 0 amide bonds. The molecule has 2 aromatic carbocycles. The Morgan fingerprint density at radius 2 is 1.80 bits per heavy atom. The maximum absolute atomic E-state index is 6.08. The molecule has 1 heterocycles. The predicted octanol–water partition coefficient (Wildman–Crippen LogP) is 3.66. The van der Waals surface area contributed by atoms with Gasteiger partial charge in [-0.15, -0.1) is 0 Å². The zero-order valence-electron chi connectivity index (χ0n) is 12.1. The first kappa shape index (κ1) is 12.9. The number of fused-ring (bicyclic) bond motifs is 1. The first-order valence-electron chi connectivity index (χ1n) is 6.87. The quantitative estimate of drug-likeness (QED) is 0.768. The minimum Gasteiger partial charge on any atom is -0.324 e. The van der Waals surface area contributed by atoms with Crippen LogP contribution >= 0.6 is 0 Å². The van der Waals surface area contributed by atoms with Gasteiger partial charge in [-0.1, -0.05) is 18.2 Å². The molecule has 1 unspecified atom stereocenters. The largest absolute Gasteiger partial charge is 0.324 e. The van der Waals surface area contributed by atoms with E-state index < -0.39 is 0 Å². The van der Waals surface area contributed by atoms with Crippen molar-refractivity contribution >= 4 is 11.0 Å². The van der Waals surface area contributed by atoms with Crippen molar-refractivity contribution in [3.63, 3.8) is 0 Å². The number of para-hydroxylation sites is 1. The summed E-state index contributed by atoms with van der Waals surface area (Å²) in [7, 11) is 0. The van der Waals surface area contributed by atoms with Crippen LogP contribution in [0.2, 0.25) is 0 Å².